The number of nitriles is 1. The SMILES string of the molecule is CCNC(=O)C(C#N)=c1sc(=CNc2cccc(C(=O)NCCCN3CCCC3)c2)c(=O)n1CC. The van der Waals surface area contributed by atoms with Crippen LogP contribution in [0.15, 0.2) is 29.1 Å². The molecule has 1 aromatic heterocycles. The first-order chi connectivity index (χ1) is 17.0. The second kappa shape index (κ2) is 12.9. The van der Waals surface area contributed by atoms with E-state index in [1.165, 1.54) is 17.4 Å². The molecule has 1 fully saturated rings. The number of benzene rings is 1. The molecule has 2 amide bonds. The summed E-state index contributed by atoms with van der Waals surface area (Å²) in [4.78, 5) is 40.1. The van der Waals surface area contributed by atoms with Gasteiger partial charge in [0.05, 0.1) is 0 Å². The van der Waals surface area contributed by atoms with E-state index in [9.17, 15) is 19.6 Å². The summed E-state index contributed by atoms with van der Waals surface area (Å²) in [6.07, 6.45) is 4.98. The van der Waals surface area contributed by atoms with E-state index in [4.69, 9.17) is 0 Å². The number of likely N-dealkylation sites (tertiary alicyclic amines) is 1. The van der Waals surface area contributed by atoms with E-state index in [1.807, 2.05) is 6.07 Å². The molecule has 1 aliphatic rings. The summed E-state index contributed by atoms with van der Waals surface area (Å²) >= 11 is 1.08. The molecule has 0 saturated carbocycles. The molecule has 3 rings (SSSR count). The Bertz CT molecular complexity index is 1270. The number of hydrogen-bond acceptors (Lipinski definition) is 7. The average Bonchev–Trinajstić information content (AvgIpc) is 3.49. The summed E-state index contributed by atoms with van der Waals surface area (Å²) in [6.45, 7) is 8.18. The van der Waals surface area contributed by atoms with E-state index >= 15 is 0 Å². The zero-order valence-electron chi connectivity index (χ0n) is 20.2. The van der Waals surface area contributed by atoms with Gasteiger partial charge < -0.3 is 20.9 Å². The Kier molecular flexibility index (Phi) is 9.64. The maximum Gasteiger partial charge on any atom is 0.270 e. The topological polar surface area (TPSA) is 119 Å². The van der Waals surface area contributed by atoms with E-state index in [2.05, 4.69) is 20.9 Å². The minimum Gasteiger partial charge on any atom is -0.360 e. The average molecular weight is 497 g/mol. The van der Waals surface area contributed by atoms with Crippen LogP contribution >= 0.6 is 11.3 Å². The summed E-state index contributed by atoms with van der Waals surface area (Å²) in [6, 6.07) is 8.96. The number of nitrogens with one attached hydrogen (secondary N) is 3. The van der Waals surface area contributed by atoms with Gasteiger partial charge in [0.25, 0.3) is 17.4 Å². The molecule has 0 spiro atoms. The van der Waals surface area contributed by atoms with Crippen molar-refractivity contribution in [3.05, 3.63) is 49.4 Å². The van der Waals surface area contributed by atoms with Crippen LogP contribution in [0.3, 0.4) is 0 Å². The van der Waals surface area contributed by atoms with Crippen LogP contribution in [-0.2, 0) is 11.3 Å². The standard InChI is InChI=1S/C25H32N6O3S/c1-3-27-23(33)20(16-26)25-31(4-2)24(34)21(35-25)17-29-19-10-7-9-18(15-19)22(32)28-11-8-14-30-12-5-6-13-30/h7,9-10,15,17,29H,3-6,8,11-14H2,1-2H3,(H,27,33)(H,28,32). The first-order valence-electron chi connectivity index (χ1n) is 12.0. The molecule has 0 aliphatic carbocycles. The maximum absolute atomic E-state index is 12.8. The monoisotopic (exact) mass is 496 g/mol. The molecule has 0 bridgehead atoms. The highest BCUT2D eigenvalue weighted by molar-refractivity contribution is 7.07. The van der Waals surface area contributed by atoms with E-state index < -0.39 is 5.91 Å². The first kappa shape index (κ1) is 26.2. The number of rotatable bonds is 10. The molecule has 0 radical (unpaired) electrons. The molecule has 9 nitrogen and oxygen atoms in total. The number of hydrogen-bond donors (Lipinski definition) is 3. The van der Waals surface area contributed by atoms with E-state index in [-0.39, 0.29) is 17.0 Å². The van der Waals surface area contributed by atoms with Crippen molar-refractivity contribution in [3.8, 4) is 6.07 Å². The van der Waals surface area contributed by atoms with Crippen molar-refractivity contribution >= 4 is 40.6 Å². The summed E-state index contributed by atoms with van der Waals surface area (Å²) in [5, 5.41) is 18.1. The zero-order chi connectivity index (χ0) is 25.2. The number of carbonyl (C=O) groups excluding carboxylic acids is 2. The zero-order valence-corrected chi connectivity index (χ0v) is 21.0. The van der Waals surface area contributed by atoms with Crippen LogP contribution in [-0.4, -0.2) is 54.0 Å². The Labute approximate surface area is 208 Å². The van der Waals surface area contributed by atoms with E-state index in [0.29, 0.717) is 40.1 Å². The molecule has 1 aromatic carbocycles. The van der Waals surface area contributed by atoms with Crippen LogP contribution < -0.4 is 30.7 Å². The largest absolute Gasteiger partial charge is 0.360 e. The predicted octanol–water partition coefficient (Wildman–Crippen LogP) is 0.806. The minimum atomic E-state index is -0.503. The van der Waals surface area contributed by atoms with Crippen LogP contribution in [0.5, 0.6) is 0 Å². The van der Waals surface area contributed by atoms with Crippen molar-refractivity contribution in [2.45, 2.75) is 39.7 Å². The third kappa shape index (κ3) is 6.81. The van der Waals surface area contributed by atoms with Gasteiger partial charge in [-0.3, -0.25) is 19.0 Å². The van der Waals surface area contributed by atoms with Gasteiger partial charge in [0.1, 0.15) is 15.3 Å². The Balaban J connectivity index is 1.73. The molecular formula is C25H32N6O3S. The lowest BCUT2D eigenvalue weighted by Gasteiger charge is -2.14. The molecule has 0 unspecified atom stereocenters. The van der Waals surface area contributed by atoms with Gasteiger partial charge in [-0.1, -0.05) is 6.07 Å². The Hall–Kier alpha value is -3.42. The number of carbonyl (C=O) groups is 2. The number of amides is 2. The van der Waals surface area contributed by atoms with Crippen LogP contribution in [0.2, 0.25) is 0 Å². The molecule has 186 valence electrons. The fourth-order valence-corrected chi connectivity index (χ4v) is 5.04. The lowest BCUT2D eigenvalue weighted by atomic mass is 10.2. The van der Waals surface area contributed by atoms with Gasteiger partial charge in [0, 0.05) is 37.1 Å². The lowest BCUT2D eigenvalue weighted by Crippen LogP contribution is -2.34. The highest BCUT2D eigenvalue weighted by atomic mass is 32.1. The molecule has 1 saturated heterocycles. The van der Waals surface area contributed by atoms with Crippen molar-refractivity contribution in [1.29, 1.82) is 5.26 Å². The van der Waals surface area contributed by atoms with Crippen LogP contribution in [0.25, 0.3) is 11.8 Å². The third-order valence-corrected chi connectivity index (χ3v) is 6.87. The lowest BCUT2D eigenvalue weighted by molar-refractivity contribution is -0.115. The van der Waals surface area contributed by atoms with Crippen molar-refractivity contribution in [2.24, 2.45) is 0 Å². The fraction of sp³-hybridized carbons (Fsp3) is 0.440. The van der Waals surface area contributed by atoms with Crippen LogP contribution in [0.4, 0.5) is 5.69 Å². The molecule has 1 aliphatic heterocycles. The molecule has 2 aromatic rings. The number of thiazole rings is 1. The van der Waals surface area contributed by atoms with Gasteiger partial charge in [-0.05, 0) is 70.9 Å². The molecule has 2 heterocycles. The summed E-state index contributed by atoms with van der Waals surface area (Å²) in [5.74, 6) is -0.644. The Morgan fingerprint density at radius 1 is 1.20 bits per heavy atom. The van der Waals surface area contributed by atoms with Crippen molar-refractivity contribution in [3.63, 3.8) is 0 Å². The number of nitrogens with zero attached hydrogens (tertiary/aromatic N) is 3. The van der Waals surface area contributed by atoms with Crippen molar-refractivity contribution < 1.29 is 9.59 Å². The van der Waals surface area contributed by atoms with Crippen molar-refractivity contribution in [2.75, 3.05) is 38.0 Å². The molecule has 0 atom stereocenters. The van der Waals surface area contributed by atoms with Gasteiger partial charge in [-0.25, -0.2) is 0 Å². The smallest absolute Gasteiger partial charge is 0.270 e. The fourth-order valence-electron chi connectivity index (χ4n) is 3.95. The highest BCUT2D eigenvalue weighted by Gasteiger charge is 2.15. The van der Waals surface area contributed by atoms with Gasteiger partial charge in [0.2, 0.25) is 0 Å². The summed E-state index contributed by atoms with van der Waals surface area (Å²) in [7, 11) is 0. The second-order valence-electron chi connectivity index (χ2n) is 8.19. The van der Waals surface area contributed by atoms with Crippen LogP contribution in [0.1, 0.15) is 43.5 Å². The predicted molar refractivity (Wildman–Crippen MR) is 138 cm³/mol. The Morgan fingerprint density at radius 2 is 1.97 bits per heavy atom. The normalized spacial score (nSPS) is 14.9. The molecular weight excluding hydrogens is 464 g/mol. The molecule has 35 heavy (non-hydrogen) atoms. The molecule has 3 N–H and O–H groups in total. The number of anilines is 1. The van der Waals surface area contributed by atoms with E-state index in [1.54, 1.807) is 44.3 Å². The van der Waals surface area contributed by atoms with Crippen LogP contribution in [0, 0.1) is 11.3 Å². The second-order valence-corrected chi connectivity index (χ2v) is 9.23. The van der Waals surface area contributed by atoms with Gasteiger partial charge in [-0.15, -0.1) is 11.3 Å². The quantitative estimate of drug-likeness (QED) is 0.419. The van der Waals surface area contributed by atoms with E-state index in [0.717, 1.165) is 37.4 Å². The number of aromatic nitrogens is 1. The van der Waals surface area contributed by atoms with Gasteiger partial charge in [-0.2, -0.15) is 5.26 Å². The summed E-state index contributed by atoms with van der Waals surface area (Å²) < 4.78 is 2.09. The summed E-state index contributed by atoms with van der Waals surface area (Å²) in [5.41, 5.74) is 0.807. The third-order valence-electron chi connectivity index (χ3n) is 5.74. The van der Waals surface area contributed by atoms with Gasteiger partial charge in [0.15, 0.2) is 5.57 Å². The first-order valence-corrected chi connectivity index (χ1v) is 12.8. The van der Waals surface area contributed by atoms with Crippen molar-refractivity contribution in [1.82, 2.24) is 20.1 Å². The highest BCUT2D eigenvalue weighted by Crippen LogP contribution is 2.11. The van der Waals surface area contributed by atoms with Gasteiger partial charge >= 0.3 is 0 Å². The Morgan fingerprint density at radius 3 is 2.66 bits per heavy atom. The molecule has 10 heteroatoms. The minimum absolute atomic E-state index is 0.0844. The maximum atomic E-state index is 12.8.